The maximum atomic E-state index is 14.1. The monoisotopic (exact) mass is 974 g/mol. The maximum Gasteiger partial charge on any atom is 0.254 e. The minimum Gasteiger partial charge on any atom is -0.489 e. The Balaban J connectivity index is 0.849. The van der Waals surface area contributed by atoms with E-state index in [1.807, 2.05) is 87.5 Å². The van der Waals surface area contributed by atoms with Gasteiger partial charge in [-0.2, -0.15) is 0 Å². The van der Waals surface area contributed by atoms with Crippen LogP contribution in [0.2, 0.25) is 5.02 Å². The van der Waals surface area contributed by atoms with E-state index in [-0.39, 0.29) is 60.4 Å². The summed E-state index contributed by atoms with van der Waals surface area (Å²) in [7, 11) is 0. The molecule has 4 atom stereocenters. The number of likely N-dealkylation sites (tertiary alicyclic amines) is 1. The molecule has 0 radical (unpaired) electrons. The number of rotatable bonds is 15. The van der Waals surface area contributed by atoms with Crippen molar-refractivity contribution in [2.75, 3.05) is 19.8 Å². The number of nitrogens with one attached hydrogen (secondary N) is 2. The second kappa shape index (κ2) is 20.7. The van der Waals surface area contributed by atoms with Crippen molar-refractivity contribution >= 4 is 52.3 Å². The SMILES string of the molecule is [C-]#[N+]c1ccc(OC2C(C)(C)C(N3Cc4cc(C#CCCCCOCC(=O)N[C@H](C(=O)N5C[C@H](O)C[C@H]5C(=O)N[C@@H](C)c5ccc(-c6scnc6C)cc5)C(C)(C)C)ccc4C3=O)C2(C)C)cc1Cl. The number of halogens is 1. The molecule has 364 valence electrons. The van der Waals surface area contributed by atoms with Gasteiger partial charge in [-0.1, -0.05) is 102 Å². The molecule has 4 aromatic rings. The van der Waals surface area contributed by atoms with Gasteiger partial charge in [0.05, 0.1) is 39.8 Å². The number of carbonyl (C=O) groups is 4. The van der Waals surface area contributed by atoms with Gasteiger partial charge in [-0.25, -0.2) is 9.83 Å². The number of hydrogen-bond acceptors (Lipinski definition) is 9. The van der Waals surface area contributed by atoms with Crippen molar-refractivity contribution in [2.24, 2.45) is 16.2 Å². The third-order valence-corrected chi connectivity index (χ3v) is 15.0. The Labute approximate surface area is 415 Å². The highest BCUT2D eigenvalue weighted by Gasteiger charge is 2.67. The highest BCUT2D eigenvalue weighted by atomic mass is 35.5. The van der Waals surface area contributed by atoms with Crippen LogP contribution in [0.25, 0.3) is 15.3 Å². The largest absolute Gasteiger partial charge is 0.489 e. The van der Waals surface area contributed by atoms with Gasteiger partial charge in [-0.15, -0.1) is 11.3 Å². The number of amides is 4. The number of unbranched alkanes of at least 4 members (excludes halogenated alkanes) is 2. The molecule has 3 aliphatic rings. The van der Waals surface area contributed by atoms with Gasteiger partial charge in [0.2, 0.25) is 23.4 Å². The fourth-order valence-electron chi connectivity index (χ4n) is 10.6. The topological polar surface area (TPSA) is 155 Å². The van der Waals surface area contributed by atoms with Crippen molar-refractivity contribution in [2.45, 2.75) is 131 Å². The molecule has 0 spiro atoms. The summed E-state index contributed by atoms with van der Waals surface area (Å²) in [5, 5.41) is 16.9. The molecular formula is C54H63ClN6O7S. The van der Waals surface area contributed by atoms with Crippen molar-refractivity contribution in [1.82, 2.24) is 25.4 Å². The van der Waals surface area contributed by atoms with E-state index in [2.05, 4.69) is 60.0 Å². The van der Waals surface area contributed by atoms with Crippen LogP contribution in [0.4, 0.5) is 5.69 Å². The summed E-state index contributed by atoms with van der Waals surface area (Å²) in [4.78, 5) is 66.9. The highest BCUT2D eigenvalue weighted by Crippen LogP contribution is 2.59. The molecule has 4 amide bonds. The zero-order chi connectivity index (χ0) is 50.0. The summed E-state index contributed by atoms with van der Waals surface area (Å²) in [6.07, 6.45) is 1.05. The molecule has 15 heteroatoms. The number of aryl methyl sites for hydroxylation is 1. The molecule has 69 heavy (non-hydrogen) atoms. The maximum absolute atomic E-state index is 14.1. The van der Waals surface area contributed by atoms with E-state index < -0.39 is 35.4 Å². The van der Waals surface area contributed by atoms with Crippen molar-refractivity contribution in [3.63, 3.8) is 0 Å². The molecule has 13 nitrogen and oxygen atoms in total. The summed E-state index contributed by atoms with van der Waals surface area (Å²) < 4.78 is 12.2. The van der Waals surface area contributed by atoms with Crippen LogP contribution in [0.15, 0.2) is 66.2 Å². The number of ether oxygens (including phenoxy) is 2. The van der Waals surface area contributed by atoms with E-state index >= 15 is 0 Å². The lowest BCUT2D eigenvalue weighted by atomic mass is 9.49. The number of thiazole rings is 1. The summed E-state index contributed by atoms with van der Waals surface area (Å²) in [6, 6.07) is 16.5. The lowest BCUT2D eigenvalue weighted by Crippen LogP contribution is -2.74. The van der Waals surface area contributed by atoms with E-state index in [4.69, 9.17) is 27.6 Å². The highest BCUT2D eigenvalue weighted by molar-refractivity contribution is 7.13. The summed E-state index contributed by atoms with van der Waals surface area (Å²) >= 11 is 7.87. The molecule has 3 N–H and O–H groups in total. The third-order valence-electron chi connectivity index (χ3n) is 13.7. The van der Waals surface area contributed by atoms with E-state index in [0.717, 1.165) is 39.2 Å². The first-order valence-electron chi connectivity index (χ1n) is 23.5. The van der Waals surface area contributed by atoms with Gasteiger partial charge in [0.15, 0.2) is 0 Å². The van der Waals surface area contributed by atoms with Gasteiger partial charge in [-0.05, 0) is 79.1 Å². The Kier molecular flexibility index (Phi) is 15.3. The molecule has 1 aromatic heterocycles. The van der Waals surface area contributed by atoms with Gasteiger partial charge in [-0.3, -0.25) is 19.2 Å². The molecule has 1 saturated heterocycles. The quantitative estimate of drug-likeness (QED) is 0.0606. The Morgan fingerprint density at radius 2 is 1.77 bits per heavy atom. The lowest BCUT2D eigenvalue weighted by molar-refractivity contribution is -0.199. The number of aliphatic hydroxyl groups is 1. The number of benzene rings is 3. The number of aliphatic hydroxyl groups excluding tert-OH is 1. The van der Waals surface area contributed by atoms with E-state index in [0.29, 0.717) is 48.0 Å². The summed E-state index contributed by atoms with van der Waals surface area (Å²) in [5.41, 5.74) is 6.13. The van der Waals surface area contributed by atoms with Crippen LogP contribution in [0.5, 0.6) is 5.75 Å². The molecule has 3 aromatic carbocycles. The number of nitrogens with zero attached hydrogens (tertiary/aromatic N) is 4. The Morgan fingerprint density at radius 3 is 2.42 bits per heavy atom. The Bertz CT molecular complexity index is 2680. The van der Waals surface area contributed by atoms with Crippen LogP contribution < -0.4 is 15.4 Å². The molecule has 2 fully saturated rings. The van der Waals surface area contributed by atoms with Crippen molar-refractivity contribution in [3.05, 3.63) is 111 Å². The smallest absolute Gasteiger partial charge is 0.254 e. The van der Waals surface area contributed by atoms with Gasteiger partial charge in [0.1, 0.15) is 30.5 Å². The van der Waals surface area contributed by atoms with Crippen LogP contribution in [0.3, 0.4) is 0 Å². The van der Waals surface area contributed by atoms with E-state index in [1.165, 1.54) is 4.90 Å². The summed E-state index contributed by atoms with van der Waals surface area (Å²) in [5.74, 6) is 5.82. The molecule has 1 saturated carbocycles. The van der Waals surface area contributed by atoms with Crippen LogP contribution in [0, 0.1) is 41.6 Å². The average Bonchev–Trinajstić information content (AvgIpc) is 4.00. The number of fused-ring (bicyclic) bond motifs is 1. The van der Waals surface area contributed by atoms with Crippen LogP contribution in [-0.2, 0) is 25.7 Å². The van der Waals surface area contributed by atoms with Crippen LogP contribution >= 0.6 is 22.9 Å². The molecule has 3 heterocycles. The van der Waals surface area contributed by atoms with Gasteiger partial charge >= 0.3 is 0 Å². The molecule has 0 bridgehead atoms. The third kappa shape index (κ3) is 11.0. The van der Waals surface area contributed by atoms with Gasteiger partial charge in [0, 0.05) is 60.5 Å². The fraction of sp³-hybridized carbons (Fsp3) is 0.481. The Hall–Kier alpha value is -5.77. The zero-order valence-electron chi connectivity index (χ0n) is 40.9. The van der Waals surface area contributed by atoms with Gasteiger partial charge in [0.25, 0.3) is 5.91 Å². The zero-order valence-corrected chi connectivity index (χ0v) is 42.5. The molecule has 1 aliphatic carbocycles. The first-order valence-corrected chi connectivity index (χ1v) is 24.8. The molecule has 7 rings (SSSR count). The standard InChI is InChI=1S/C54H63ClN6O7S/c1-32(35-17-19-36(20-18-35)45-33(2)57-31-69-45)58-47(64)43-26-38(62)29-60(43)49(66)46(52(3,4)5)59-44(63)30-67-24-14-12-11-13-15-34-16-22-40-37(25-34)28-61(48(40)65)50-53(6,7)51(54(50,8)9)68-39-21-23-42(56-10)41(55)27-39/h16-23,25,27,31-32,38,43,46,50-51,62H,11-12,14,24,26,28-30H2,1-9H3,(H,58,64)(H,59,63)/t32-,38+,43-,46+,50?,51?/m0/s1. The second-order valence-corrected chi connectivity index (χ2v) is 22.0. The first kappa shape index (κ1) is 51.1. The normalized spacial score (nSPS) is 21.0. The van der Waals surface area contributed by atoms with E-state index in [9.17, 15) is 24.3 Å². The van der Waals surface area contributed by atoms with Crippen LogP contribution in [0.1, 0.15) is 120 Å². The molecule has 2 aliphatic heterocycles. The fourth-order valence-corrected chi connectivity index (χ4v) is 11.6. The van der Waals surface area contributed by atoms with E-state index in [1.54, 1.807) is 29.5 Å². The number of hydrogen-bond donors (Lipinski definition) is 3. The second-order valence-electron chi connectivity index (χ2n) is 20.8. The van der Waals surface area contributed by atoms with Gasteiger partial charge < -0.3 is 35.0 Å². The number of carbonyl (C=O) groups excluding carboxylic acids is 4. The van der Waals surface area contributed by atoms with Crippen molar-refractivity contribution in [1.29, 1.82) is 0 Å². The Morgan fingerprint density at radius 1 is 1.04 bits per heavy atom. The minimum absolute atomic E-state index is 0.000499. The molecular weight excluding hydrogens is 912 g/mol. The number of β-amino-alcohol motifs (C(OH)–C–C–N with tert-alkyl or cyclic N) is 1. The van der Waals surface area contributed by atoms with Crippen LogP contribution in [-0.4, -0.2) is 93.6 Å². The lowest BCUT2D eigenvalue weighted by Gasteiger charge is -2.65. The molecule has 0 unspecified atom stereocenters. The van der Waals surface area contributed by atoms with Crippen molar-refractivity contribution in [3.8, 4) is 28.0 Å². The average molecular weight is 976 g/mol. The first-order chi connectivity index (χ1) is 32.6. The number of aromatic nitrogens is 1. The predicted molar refractivity (Wildman–Crippen MR) is 268 cm³/mol. The minimum atomic E-state index is -0.962. The summed E-state index contributed by atoms with van der Waals surface area (Å²) in [6.45, 7) is 25.7. The van der Waals surface area contributed by atoms with Crippen molar-refractivity contribution < 1.29 is 33.8 Å². The predicted octanol–water partition coefficient (Wildman–Crippen LogP) is 9.07.